The van der Waals surface area contributed by atoms with Gasteiger partial charge in [0.15, 0.2) is 5.82 Å². The summed E-state index contributed by atoms with van der Waals surface area (Å²) in [7, 11) is 0. The average molecular weight is 269 g/mol. The first kappa shape index (κ1) is 12.2. The van der Waals surface area contributed by atoms with Crippen molar-refractivity contribution >= 4 is 23.1 Å². The van der Waals surface area contributed by atoms with Gasteiger partial charge in [-0.25, -0.2) is 14.6 Å². The lowest BCUT2D eigenvalue weighted by molar-refractivity contribution is -0.386. The monoisotopic (exact) mass is 268 g/mol. The first-order valence-electron chi connectivity index (χ1n) is 4.90. The van der Waals surface area contributed by atoms with E-state index < -0.39 is 4.92 Å². The first-order valence-corrected chi connectivity index (χ1v) is 5.28. The molecule has 2 N–H and O–H groups in total. The van der Waals surface area contributed by atoms with Crippen LogP contribution in [0.3, 0.4) is 0 Å². The molecule has 0 aliphatic carbocycles. The van der Waals surface area contributed by atoms with Crippen molar-refractivity contribution in [3.05, 3.63) is 32.9 Å². The van der Waals surface area contributed by atoms with Crippen LogP contribution in [0.4, 0.5) is 11.5 Å². The summed E-state index contributed by atoms with van der Waals surface area (Å²) in [4.78, 5) is 18.1. The fourth-order valence-corrected chi connectivity index (χ4v) is 1.80. The largest absolute Gasteiger partial charge is 0.382 e. The summed E-state index contributed by atoms with van der Waals surface area (Å²) in [6, 6.07) is 0. The van der Waals surface area contributed by atoms with E-state index in [4.69, 9.17) is 17.3 Å². The van der Waals surface area contributed by atoms with Crippen LogP contribution < -0.4 is 5.73 Å². The van der Waals surface area contributed by atoms with Gasteiger partial charge in [-0.3, -0.25) is 10.1 Å². The van der Waals surface area contributed by atoms with E-state index in [1.165, 1.54) is 11.0 Å². The normalized spacial score (nSPS) is 10.6. The van der Waals surface area contributed by atoms with Crippen LogP contribution in [0.1, 0.15) is 11.4 Å². The number of hydrogen-bond donors (Lipinski definition) is 1. The van der Waals surface area contributed by atoms with Gasteiger partial charge < -0.3 is 5.73 Å². The van der Waals surface area contributed by atoms with Crippen LogP contribution in [-0.2, 0) is 0 Å². The van der Waals surface area contributed by atoms with Crippen molar-refractivity contribution < 1.29 is 4.92 Å². The van der Waals surface area contributed by atoms with E-state index in [2.05, 4.69) is 15.1 Å². The number of aryl methyl sites for hydroxylation is 1. The van der Waals surface area contributed by atoms with Crippen molar-refractivity contribution in [1.29, 1.82) is 0 Å². The summed E-state index contributed by atoms with van der Waals surface area (Å²) in [5.41, 5.74) is 6.10. The molecule has 2 rings (SSSR count). The molecule has 0 fully saturated rings. The van der Waals surface area contributed by atoms with Gasteiger partial charge in [0.2, 0.25) is 0 Å². The van der Waals surface area contributed by atoms with Crippen LogP contribution in [0, 0.1) is 24.0 Å². The van der Waals surface area contributed by atoms with E-state index >= 15 is 0 Å². The van der Waals surface area contributed by atoms with E-state index in [0.29, 0.717) is 5.69 Å². The minimum absolute atomic E-state index is 0.0664. The van der Waals surface area contributed by atoms with E-state index in [1.54, 1.807) is 13.8 Å². The Balaban J connectivity index is 2.69. The second-order valence-electron chi connectivity index (χ2n) is 3.58. The number of nitrogens with two attached hydrogens (primary N) is 1. The van der Waals surface area contributed by atoms with Gasteiger partial charge in [0.1, 0.15) is 28.6 Å². The quantitative estimate of drug-likeness (QED) is 0.651. The lowest BCUT2D eigenvalue weighted by Crippen LogP contribution is -2.06. The van der Waals surface area contributed by atoms with Gasteiger partial charge in [-0.2, -0.15) is 5.10 Å². The Morgan fingerprint density at radius 2 is 2.11 bits per heavy atom. The minimum Gasteiger partial charge on any atom is -0.382 e. The van der Waals surface area contributed by atoms with Gasteiger partial charge >= 0.3 is 5.69 Å². The number of hydrogen-bond acceptors (Lipinski definition) is 6. The Hall–Kier alpha value is -2.22. The molecule has 94 valence electrons. The minimum atomic E-state index is -0.493. The van der Waals surface area contributed by atoms with E-state index in [9.17, 15) is 10.1 Å². The zero-order chi connectivity index (χ0) is 13.4. The highest BCUT2D eigenvalue weighted by Gasteiger charge is 2.24. The highest BCUT2D eigenvalue weighted by Crippen LogP contribution is 2.28. The highest BCUT2D eigenvalue weighted by molar-refractivity contribution is 6.34. The Morgan fingerprint density at radius 3 is 2.67 bits per heavy atom. The standard InChI is InChI=1S/C9H9ClN6O2/c1-4-7(16(17)18)5(2)15(14-4)9-6(10)8(11)12-3-13-9/h3H,1-2H3,(H2,11,12,13). The number of nitrogens with zero attached hydrogens (tertiary/aromatic N) is 5. The van der Waals surface area contributed by atoms with Crippen LogP contribution in [0.5, 0.6) is 0 Å². The molecule has 0 aromatic carbocycles. The third-order valence-electron chi connectivity index (χ3n) is 2.43. The molecule has 0 unspecified atom stereocenters. The summed E-state index contributed by atoms with van der Waals surface area (Å²) in [5.74, 6) is 0.315. The molecule has 2 aromatic rings. The molecule has 0 spiro atoms. The first-order chi connectivity index (χ1) is 8.43. The average Bonchev–Trinajstić information content (AvgIpc) is 2.58. The van der Waals surface area contributed by atoms with Gasteiger partial charge in [-0.15, -0.1) is 0 Å². The number of nitrogen functional groups attached to an aromatic ring is 1. The maximum atomic E-state index is 10.9. The Bertz CT molecular complexity index is 638. The molecule has 8 nitrogen and oxygen atoms in total. The third kappa shape index (κ3) is 1.76. The van der Waals surface area contributed by atoms with Crippen molar-refractivity contribution in [3.8, 4) is 5.82 Å². The fourth-order valence-electron chi connectivity index (χ4n) is 1.63. The van der Waals surface area contributed by atoms with Gasteiger partial charge in [0.05, 0.1) is 4.92 Å². The molecule has 0 atom stereocenters. The molecular formula is C9H9ClN6O2. The molecule has 2 aromatic heterocycles. The van der Waals surface area contributed by atoms with Crippen LogP contribution in [-0.4, -0.2) is 24.7 Å². The van der Waals surface area contributed by atoms with Crippen molar-refractivity contribution in [1.82, 2.24) is 19.7 Å². The molecule has 0 radical (unpaired) electrons. The number of nitro groups is 1. The van der Waals surface area contributed by atoms with Crippen LogP contribution in [0.15, 0.2) is 6.33 Å². The predicted molar refractivity (Wildman–Crippen MR) is 64.7 cm³/mol. The molecule has 0 aliphatic heterocycles. The van der Waals surface area contributed by atoms with E-state index in [1.807, 2.05) is 0 Å². The summed E-state index contributed by atoms with van der Waals surface area (Å²) >= 11 is 5.96. The summed E-state index contributed by atoms with van der Waals surface area (Å²) < 4.78 is 1.29. The van der Waals surface area contributed by atoms with Crippen LogP contribution in [0.2, 0.25) is 5.02 Å². The number of halogens is 1. The third-order valence-corrected chi connectivity index (χ3v) is 2.80. The second-order valence-corrected chi connectivity index (χ2v) is 3.96. The SMILES string of the molecule is Cc1nn(-c2ncnc(N)c2Cl)c(C)c1[N+](=O)[O-]. The number of rotatable bonds is 2. The molecule has 0 saturated carbocycles. The Morgan fingerprint density at radius 1 is 1.44 bits per heavy atom. The number of anilines is 1. The van der Waals surface area contributed by atoms with E-state index in [-0.39, 0.29) is 28.0 Å². The van der Waals surface area contributed by atoms with Crippen molar-refractivity contribution in [2.75, 3.05) is 5.73 Å². The van der Waals surface area contributed by atoms with Gasteiger partial charge in [-0.1, -0.05) is 11.6 Å². The van der Waals surface area contributed by atoms with Gasteiger partial charge in [0, 0.05) is 0 Å². The molecule has 0 bridgehead atoms. The molecule has 18 heavy (non-hydrogen) atoms. The zero-order valence-corrected chi connectivity index (χ0v) is 10.3. The van der Waals surface area contributed by atoms with Crippen molar-refractivity contribution in [2.24, 2.45) is 0 Å². The van der Waals surface area contributed by atoms with Crippen molar-refractivity contribution in [3.63, 3.8) is 0 Å². The van der Waals surface area contributed by atoms with Crippen molar-refractivity contribution in [2.45, 2.75) is 13.8 Å². The predicted octanol–water partition coefficient (Wildman–Crippen LogP) is 1.42. The fraction of sp³-hybridized carbons (Fsp3) is 0.222. The molecule has 0 amide bonds. The lowest BCUT2D eigenvalue weighted by Gasteiger charge is -2.05. The maximum Gasteiger partial charge on any atom is 0.313 e. The molecule has 0 aliphatic rings. The maximum absolute atomic E-state index is 10.9. The number of aromatic nitrogens is 4. The topological polar surface area (TPSA) is 113 Å². The molecule has 2 heterocycles. The van der Waals surface area contributed by atoms with Crippen LogP contribution >= 0.6 is 11.6 Å². The van der Waals surface area contributed by atoms with Gasteiger partial charge in [0.25, 0.3) is 0 Å². The summed E-state index contributed by atoms with van der Waals surface area (Å²) in [5, 5.41) is 15.1. The summed E-state index contributed by atoms with van der Waals surface area (Å²) in [6.07, 6.45) is 1.22. The molecular weight excluding hydrogens is 260 g/mol. The van der Waals surface area contributed by atoms with Gasteiger partial charge in [-0.05, 0) is 13.8 Å². The zero-order valence-electron chi connectivity index (χ0n) is 9.59. The summed E-state index contributed by atoms with van der Waals surface area (Å²) in [6.45, 7) is 3.10. The molecule has 0 saturated heterocycles. The Kier molecular flexibility index (Phi) is 2.87. The van der Waals surface area contributed by atoms with Crippen LogP contribution in [0.25, 0.3) is 5.82 Å². The lowest BCUT2D eigenvalue weighted by atomic mass is 10.3. The highest BCUT2D eigenvalue weighted by atomic mass is 35.5. The second kappa shape index (κ2) is 4.22. The smallest absolute Gasteiger partial charge is 0.313 e. The Labute approximate surface area is 107 Å². The molecule has 9 heteroatoms. The van der Waals surface area contributed by atoms with E-state index in [0.717, 1.165) is 0 Å².